The number of halogens is 1. The number of furan rings is 1. The lowest BCUT2D eigenvalue weighted by atomic mass is 10.2. The van der Waals surface area contributed by atoms with Gasteiger partial charge in [0.1, 0.15) is 11.4 Å². The number of aliphatic hydroxyl groups is 1. The van der Waals surface area contributed by atoms with Gasteiger partial charge in [0.25, 0.3) is 0 Å². The smallest absolute Gasteiger partial charge is 0.410 e. The lowest BCUT2D eigenvalue weighted by molar-refractivity contribution is 0.0164. The van der Waals surface area contributed by atoms with Crippen LogP contribution in [-0.2, 0) is 11.3 Å². The first-order valence-corrected chi connectivity index (χ1v) is 7.66. The van der Waals surface area contributed by atoms with Gasteiger partial charge in [-0.25, -0.2) is 4.79 Å². The highest BCUT2D eigenvalue weighted by atomic mass is 35.5. The third kappa shape index (κ3) is 7.68. The Labute approximate surface area is 136 Å². The maximum absolute atomic E-state index is 12.1. The van der Waals surface area contributed by atoms with Crippen molar-refractivity contribution in [2.75, 3.05) is 19.6 Å². The van der Waals surface area contributed by atoms with E-state index in [1.165, 1.54) is 4.90 Å². The van der Waals surface area contributed by atoms with Crippen molar-refractivity contribution in [1.82, 2.24) is 10.2 Å². The third-order valence-corrected chi connectivity index (χ3v) is 2.83. The Morgan fingerprint density at radius 3 is 2.68 bits per heavy atom. The second-order valence-electron chi connectivity index (χ2n) is 6.16. The molecule has 22 heavy (non-hydrogen) atoms. The molecule has 0 bridgehead atoms. The molecule has 0 aromatic carbocycles. The zero-order chi connectivity index (χ0) is 16.8. The quantitative estimate of drug-likeness (QED) is 0.751. The number of aliphatic hydroxyl groups excluding tert-OH is 1. The van der Waals surface area contributed by atoms with E-state index in [1.807, 2.05) is 20.8 Å². The summed E-state index contributed by atoms with van der Waals surface area (Å²) < 4.78 is 10.6. The number of ether oxygens (including phenoxy) is 1. The third-order valence-electron chi connectivity index (χ3n) is 2.62. The van der Waals surface area contributed by atoms with E-state index in [9.17, 15) is 9.90 Å². The Bertz CT molecular complexity index is 468. The Hall–Kier alpha value is -1.24. The molecule has 0 spiro atoms. The van der Waals surface area contributed by atoms with Crippen LogP contribution in [0.5, 0.6) is 0 Å². The Morgan fingerprint density at radius 1 is 1.50 bits per heavy atom. The molecule has 0 fully saturated rings. The van der Waals surface area contributed by atoms with Crippen LogP contribution in [0.15, 0.2) is 16.5 Å². The number of carbonyl (C=O) groups excluding carboxylic acids is 1. The van der Waals surface area contributed by atoms with Crippen LogP contribution in [0.1, 0.15) is 33.5 Å². The number of nitrogens with one attached hydrogen (secondary N) is 1. The van der Waals surface area contributed by atoms with Gasteiger partial charge >= 0.3 is 6.09 Å². The summed E-state index contributed by atoms with van der Waals surface area (Å²) in [6, 6.07) is 3.47. The van der Waals surface area contributed by atoms with Gasteiger partial charge in [-0.05, 0) is 51.4 Å². The average molecular weight is 333 g/mol. The van der Waals surface area contributed by atoms with E-state index in [4.69, 9.17) is 20.8 Å². The van der Waals surface area contributed by atoms with E-state index < -0.39 is 17.8 Å². The minimum Gasteiger partial charge on any atom is -0.448 e. The van der Waals surface area contributed by atoms with Gasteiger partial charge < -0.3 is 24.5 Å². The standard InChI is InChI=1S/C15H25ClN2O4/c1-11(19)10-18(14(20)22-15(2,3)4)8-7-17-9-12-5-6-13(16)21-12/h5-6,11,17,19H,7-10H2,1-4H3. The van der Waals surface area contributed by atoms with Crippen LogP contribution in [0.4, 0.5) is 4.79 Å². The normalized spacial score (nSPS) is 13.0. The number of carbonyl (C=O) groups is 1. The minimum absolute atomic E-state index is 0.225. The molecule has 1 amide bonds. The largest absolute Gasteiger partial charge is 0.448 e. The van der Waals surface area contributed by atoms with Gasteiger partial charge in [-0.15, -0.1) is 0 Å². The predicted octanol–water partition coefficient (Wildman–Crippen LogP) is 2.64. The molecule has 1 aromatic heterocycles. The van der Waals surface area contributed by atoms with Gasteiger partial charge in [0.05, 0.1) is 12.6 Å². The van der Waals surface area contributed by atoms with Crippen molar-refractivity contribution >= 4 is 17.7 Å². The first-order chi connectivity index (χ1) is 10.2. The first kappa shape index (κ1) is 18.8. The molecular weight excluding hydrogens is 308 g/mol. The SMILES string of the molecule is CC(O)CN(CCNCc1ccc(Cl)o1)C(=O)OC(C)(C)C. The van der Waals surface area contributed by atoms with Crippen molar-refractivity contribution in [2.24, 2.45) is 0 Å². The topological polar surface area (TPSA) is 74.9 Å². The van der Waals surface area contributed by atoms with Crippen molar-refractivity contribution in [3.8, 4) is 0 Å². The minimum atomic E-state index is -0.614. The molecule has 2 N–H and O–H groups in total. The fourth-order valence-corrected chi connectivity index (χ4v) is 1.94. The summed E-state index contributed by atoms with van der Waals surface area (Å²) in [4.78, 5) is 13.6. The van der Waals surface area contributed by atoms with Gasteiger partial charge in [0.2, 0.25) is 0 Å². The molecule has 1 heterocycles. The zero-order valence-corrected chi connectivity index (χ0v) is 14.3. The van der Waals surface area contributed by atoms with Crippen LogP contribution in [0, 0.1) is 0 Å². The lowest BCUT2D eigenvalue weighted by Crippen LogP contribution is -2.43. The van der Waals surface area contributed by atoms with E-state index in [-0.39, 0.29) is 6.54 Å². The predicted molar refractivity (Wildman–Crippen MR) is 84.9 cm³/mol. The average Bonchev–Trinajstić information content (AvgIpc) is 2.76. The van der Waals surface area contributed by atoms with E-state index >= 15 is 0 Å². The van der Waals surface area contributed by atoms with Crippen LogP contribution in [-0.4, -0.2) is 47.4 Å². The van der Waals surface area contributed by atoms with E-state index in [1.54, 1.807) is 19.1 Å². The fourth-order valence-electron chi connectivity index (χ4n) is 1.77. The number of nitrogens with zero attached hydrogens (tertiary/aromatic N) is 1. The highest BCUT2D eigenvalue weighted by Crippen LogP contribution is 2.13. The molecule has 7 heteroatoms. The van der Waals surface area contributed by atoms with Gasteiger partial charge in [0, 0.05) is 19.6 Å². The highest BCUT2D eigenvalue weighted by molar-refractivity contribution is 6.28. The van der Waals surface area contributed by atoms with Gasteiger partial charge in [-0.2, -0.15) is 0 Å². The van der Waals surface area contributed by atoms with Gasteiger partial charge in [0.15, 0.2) is 5.22 Å². The summed E-state index contributed by atoms with van der Waals surface area (Å²) in [5.41, 5.74) is -0.563. The maximum Gasteiger partial charge on any atom is 0.410 e. The molecule has 0 aliphatic heterocycles. The molecule has 0 radical (unpaired) electrons. The second-order valence-corrected chi connectivity index (χ2v) is 6.53. The molecule has 6 nitrogen and oxygen atoms in total. The molecule has 0 aliphatic carbocycles. The summed E-state index contributed by atoms with van der Waals surface area (Å²) in [6.45, 7) is 8.78. The summed E-state index contributed by atoms with van der Waals surface area (Å²) in [6.07, 6.45) is -1.05. The Kier molecular flexibility index (Phi) is 7.19. The number of hydrogen-bond acceptors (Lipinski definition) is 5. The van der Waals surface area contributed by atoms with Crippen LogP contribution in [0.25, 0.3) is 0 Å². The lowest BCUT2D eigenvalue weighted by Gasteiger charge is -2.28. The monoisotopic (exact) mass is 332 g/mol. The van der Waals surface area contributed by atoms with Crippen molar-refractivity contribution < 1.29 is 19.1 Å². The molecule has 1 rings (SSSR count). The van der Waals surface area contributed by atoms with Gasteiger partial charge in [-0.3, -0.25) is 0 Å². The molecule has 1 unspecified atom stereocenters. The van der Waals surface area contributed by atoms with Gasteiger partial charge in [-0.1, -0.05) is 0 Å². The summed E-state index contributed by atoms with van der Waals surface area (Å²) in [7, 11) is 0. The summed E-state index contributed by atoms with van der Waals surface area (Å²) in [5.74, 6) is 0.726. The molecule has 0 saturated heterocycles. The molecule has 0 aliphatic rings. The Morgan fingerprint density at radius 2 is 2.18 bits per heavy atom. The van der Waals surface area contributed by atoms with E-state index in [0.29, 0.717) is 24.9 Å². The molecule has 1 aromatic rings. The summed E-state index contributed by atoms with van der Waals surface area (Å²) >= 11 is 5.69. The second kappa shape index (κ2) is 8.41. The maximum atomic E-state index is 12.1. The Balaban J connectivity index is 2.42. The molecular formula is C15H25ClN2O4. The van der Waals surface area contributed by atoms with Crippen LogP contribution in [0.2, 0.25) is 5.22 Å². The number of rotatable bonds is 7. The van der Waals surface area contributed by atoms with Crippen LogP contribution in [0.3, 0.4) is 0 Å². The number of hydrogen-bond donors (Lipinski definition) is 2. The summed E-state index contributed by atoms with van der Waals surface area (Å²) in [5, 5.41) is 13.0. The van der Waals surface area contributed by atoms with Crippen molar-refractivity contribution in [2.45, 2.75) is 45.9 Å². The molecule has 126 valence electrons. The molecule has 0 saturated carbocycles. The van der Waals surface area contributed by atoms with Crippen molar-refractivity contribution in [1.29, 1.82) is 0 Å². The zero-order valence-electron chi connectivity index (χ0n) is 13.6. The first-order valence-electron chi connectivity index (χ1n) is 7.28. The van der Waals surface area contributed by atoms with Crippen LogP contribution >= 0.6 is 11.6 Å². The van der Waals surface area contributed by atoms with Crippen LogP contribution < -0.4 is 5.32 Å². The highest BCUT2D eigenvalue weighted by Gasteiger charge is 2.22. The fraction of sp³-hybridized carbons (Fsp3) is 0.667. The van der Waals surface area contributed by atoms with E-state index in [0.717, 1.165) is 5.76 Å². The number of amides is 1. The molecule has 1 atom stereocenters. The van der Waals surface area contributed by atoms with Crippen molar-refractivity contribution in [3.05, 3.63) is 23.1 Å². The van der Waals surface area contributed by atoms with E-state index in [2.05, 4.69) is 5.32 Å². The van der Waals surface area contributed by atoms with Crippen molar-refractivity contribution in [3.63, 3.8) is 0 Å².